The molecule has 3 rings (SSSR count). The first-order chi connectivity index (χ1) is 35.0. The van der Waals surface area contributed by atoms with E-state index in [0.717, 1.165) is 154 Å². The smallest absolute Gasteiger partial charge is 0.338 e. The number of carbonyl (C=O) groups excluding carboxylic acids is 3. The molecule has 0 saturated carbocycles. The Morgan fingerprint density at radius 2 is 0.569 bits per heavy atom. The number of carbonyl (C=O) groups is 3. The standard InChI is InChI=1S/C60H83F3O9/c1-48(51-28-34-54(61)35-29-51)58(64)70-44-25-19-13-5-4-10-16-22-41-67-47-40-57(68-42-23-17-11-6-8-14-20-26-45-71-59(65)49(2)52-30-36-55(62)37-31-52)69-43-24-18-12-7-9-15-21-27-46-72-60(66)50(3)53-32-38-56(63)39-33-53/h28-39,57H,1-27,40-47H2. The molecule has 0 aliphatic heterocycles. The van der Waals surface area contributed by atoms with Crippen LogP contribution in [0.3, 0.4) is 0 Å². The minimum absolute atomic E-state index is 0.236. The van der Waals surface area contributed by atoms with E-state index >= 15 is 0 Å². The minimum atomic E-state index is -0.467. The monoisotopic (exact) mass is 1000 g/mol. The zero-order valence-electron chi connectivity index (χ0n) is 43.1. The third-order valence-electron chi connectivity index (χ3n) is 12.4. The number of esters is 3. The van der Waals surface area contributed by atoms with E-state index in [1.807, 2.05) is 0 Å². The van der Waals surface area contributed by atoms with Crippen LogP contribution in [0.5, 0.6) is 0 Å². The Morgan fingerprint density at radius 3 is 0.847 bits per heavy atom. The number of hydrogen-bond acceptors (Lipinski definition) is 9. The molecule has 3 aromatic carbocycles. The van der Waals surface area contributed by atoms with E-state index in [1.54, 1.807) is 0 Å². The SMILES string of the molecule is C=C(C(=O)OCCCCCCCCCCOCCC(OCCCCCCCCCCOC(=O)C(=C)c1ccc(F)cc1)OCCCCCCCCCCOC(=O)C(=C)c1ccc(F)cc1)c1ccc(F)cc1. The largest absolute Gasteiger partial charge is 0.462 e. The summed E-state index contributed by atoms with van der Waals surface area (Å²) in [6, 6.07) is 17.0. The van der Waals surface area contributed by atoms with E-state index in [-0.39, 0.29) is 40.5 Å². The molecule has 0 heterocycles. The second kappa shape index (κ2) is 39.5. The van der Waals surface area contributed by atoms with Gasteiger partial charge in [0.05, 0.1) is 43.1 Å². The molecule has 0 aliphatic rings. The molecule has 0 saturated heterocycles. The Balaban J connectivity index is 1.19. The van der Waals surface area contributed by atoms with Crippen LogP contribution in [0.4, 0.5) is 13.2 Å². The first-order valence-electron chi connectivity index (χ1n) is 26.7. The highest BCUT2D eigenvalue weighted by molar-refractivity contribution is 6.16. The van der Waals surface area contributed by atoms with Crippen molar-refractivity contribution in [3.63, 3.8) is 0 Å². The van der Waals surface area contributed by atoms with Gasteiger partial charge in [-0.15, -0.1) is 0 Å². The molecule has 9 nitrogen and oxygen atoms in total. The average Bonchev–Trinajstić information content (AvgIpc) is 3.38. The highest BCUT2D eigenvalue weighted by Gasteiger charge is 2.14. The lowest BCUT2D eigenvalue weighted by Gasteiger charge is -2.19. The van der Waals surface area contributed by atoms with Crippen LogP contribution in [0.2, 0.25) is 0 Å². The number of hydrogen-bond donors (Lipinski definition) is 0. The van der Waals surface area contributed by atoms with Crippen LogP contribution in [0, 0.1) is 17.5 Å². The quantitative estimate of drug-likeness (QED) is 0.0180. The predicted molar refractivity (Wildman–Crippen MR) is 281 cm³/mol. The highest BCUT2D eigenvalue weighted by Crippen LogP contribution is 2.19. The minimum Gasteiger partial charge on any atom is -0.462 e. The van der Waals surface area contributed by atoms with Gasteiger partial charge in [0, 0.05) is 26.2 Å². The Kier molecular flexibility index (Phi) is 33.6. The third-order valence-corrected chi connectivity index (χ3v) is 12.4. The van der Waals surface area contributed by atoms with Crippen LogP contribution in [0.1, 0.15) is 177 Å². The van der Waals surface area contributed by atoms with Gasteiger partial charge in [-0.2, -0.15) is 0 Å². The fourth-order valence-corrected chi connectivity index (χ4v) is 7.89. The van der Waals surface area contributed by atoms with Crippen LogP contribution in [-0.2, 0) is 42.8 Å². The van der Waals surface area contributed by atoms with Crippen LogP contribution < -0.4 is 0 Å². The van der Waals surface area contributed by atoms with Gasteiger partial charge in [0.25, 0.3) is 0 Å². The highest BCUT2D eigenvalue weighted by atomic mass is 19.1. The number of halogens is 3. The first kappa shape index (κ1) is 61.3. The van der Waals surface area contributed by atoms with Gasteiger partial charge in [-0.25, -0.2) is 27.6 Å². The van der Waals surface area contributed by atoms with Gasteiger partial charge in [0.1, 0.15) is 17.5 Å². The summed E-state index contributed by atoms with van der Waals surface area (Å²) in [5, 5.41) is 0. The van der Waals surface area contributed by atoms with Crippen molar-refractivity contribution in [1.29, 1.82) is 0 Å². The van der Waals surface area contributed by atoms with Crippen LogP contribution in [0.25, 0.3) is 16.7 Å². The molecule has 0 unspecified atom stereocenters. The maximum atomic E-state index is 13.2. The van der Waals surface area contributed by atoms with Gasteiger partial charge >= 0.3 is 17.9 Å². The van der Waals surface area contributed by atoms with Crippen molar-refractivity contribution in [2.45, 2.75) is 167 Å². The Hall–Kier alpha value is -5.04. The normalized spacial score (nSPS) is 11.2. The molecule has 12 heteroatoms. The molecule has 0 aromatic heterocycles. The van der Waals surface area contributed by atoms with Crippen LogP contribution in [-0.4, -0.2) is 70.4 Å². The molecular formula is C60H83F3O9. The average molecular weight is 1010 g/mol. The van der Waals surface area contributed by atoms with Gasteiger partial charge < -0.3 is 28.4 Å². The Bertz CT molecular complexity index is 1870. The predicted octanol–water partition coefficient (Wildman–Crippen LogP) is 15.3. The van der Waals surface area contributed by atoms with Crippen LogP contribution in [0.15, 0.2) is 92.5 Å². The molecule has 0 spiro atoms. The number of benzene rings is 3. The molecule has 0 fully saturated rings. The molecule has 0 N–H and O–H groups in total. The molecule has 0 amide bonds. The zero-order chi connectivity index (χ0) is 51.9. The summed E-state index contributed by atoms with van der Waals surface area (Å²) in [5.74, 6) is -2.48. The van der Waals surface area contributed by atoms with Gasteiger partial charge in [0.15, 0.2) is 6.29 Å². The van der Waals surface area contributed by atoms with E-state index in [0.29, 0.717) is 62.8 Å². The Labute approximate surface area is 428 Å². The second-order valence-electron chi connectivity index (χ2n) is 18.4. The maximum absolute atomic E-state index is 13.2. The fraction of sp³-hybridized carbons (Fsp3) is 0.550. The molecule has 0 radical (unpaired) electrons. The molecule has 0 atom stereocenters. The molecule has 0 bridgehead atoms. The van der Waals surface area contributed by atoms with E-state index in [1.165, 1.54) is 79.2 Å². The van der Waals surface area contributed by atoms with E-state index in [2.05, 4.69) is 19.7 Å². The third kappa shape index (κ3) is 28.9. The van der Waals surface area contributed by atoms with Crippen LogP contribution >= 0.6 is 0 Å². The molecule has 398 valence electrons. The van der Waals surface area contributed by atoms with E-state index < -0.39 is 17.9 Å². The zero-order valence-corrected chi connectivity index (χ0v) is 43.1. The molecule has 3 aromatic rings. The summed E-state index contributed by atoms with van der Waals surface area (Å²) >= 11 is 0. The number of rotatable bonds is 44. The van der Waals surface area contributed by atoms with Crippen molar-refractivity contribution < 1.29 is 56.0 Å². The number of unbranched alkanes of at least 4 members (excludes halogenated alkanes) is 21. The fourth-order valence-electron chi connectivity index (χ4n) is 7.89. The van der Waals surface area contributed by atoms with Gasteiger partial charge in [-0.3, -0.25) is 0 Å². The molecule has 72 heavy (non-hydrogen) atoms. The van der Waals surface area contributed by atoms with E-state index in [4.69, 9.17) is 28.4 Å². The summed E-state index contributed by atoms with van der Waals surface area (Å²) in [5.41, 5.74) is 2.39. The lowest BCUT2D eigenvalue weighted by Crippen LogP contribution is -2.21. The summed E-state index contributed by atoms with van der Waals surface area (Å²) in [4.78, 5) is 36.7. The lowest BCUT2D eigenvalue weighted by atomic mass is 10.1. The molecule has 0 aliphatic carbocycles. The Morgan fingerprint density at radius 1 is 0.333 bits per heavy atom. The van der Waals surface area contributed by atoms with Gasteiger partial charge in [-0.05, 0) is 91.6 Å². The van der Waals surface area contributed by atoms with Crippen molar-refractivity contribution in [2.75, 3.05) is 46.2 Å². The van der Waals surface area contributed by atoms with Crippen molar-refractivity contribution in [3.8, 4) is 0 Å². The summed E-state index contributed by atoms with van der Waals surface area (Å²) in [7, 11) is 0. The summed E-state index contributed by atoms with van der Waals surface area (Å²) in [6.07, 6.45) is 25.7. The van der Waals surface area contributed by atoms with Crippen molar-refractivity contribution >= 4 is 34.6 Å². The number of ether oxygens (including phenoxy) is 6. The summed E-state index contributed by atoms with van der Waals surface area (Å²) < 4.78 is 74.0. The van der Waals surface area contributed by atoms with Crippen molar-refractivity contribution in [1.82, 2.24) is 0 Å². The van der Waals surface area contributed by atoms with Gasteiger partial charge in [0.2, 0.25) is 0 Å². The summed E-state index contributed by atoms with van der Waals surface area (Å²) in [6.45, 7) is 15.0. The molecular weight excluding hydrogens is 922 g/mol. The van der Waals surface area contributed by atoms with Crippen molar-refractivity contribution in [2.24, 2.45) is 0 Å². The lowest BCUT2D eigenvalue weighted by molar-refractivity contribution is -0.154. The van der Waals surface area contributed by atoms with Crippen molar-refractivity contribution in [3.05, 3.63) is 127 Å². The second-order valence-corrected chi connectivity index (χ2v) is 18.4. The maximum Gasteiger partial charge on any atom is 0.338 e. The topological polar surface area (TPSA) is 107 Å². The van der Waals surface area contributed by atoms with E-state index in [9.17, 15) is 27.6 Å². The van der Waals surface area contributed by atoms with Gasteiger partial charge in [-0.1, -0.05) is 172 Å². The first-order valence-corrected chi connectivity index (χ1v) is 26.7.